The zero-order chi connectivity index (χ0) is 44.3. The van der Waals surface area contributed by atoms with E-state index in [9.17, 15) is 44.6 Å². The van der Waals surface area contributed by atoms with Crippen LogP contribution in [0.5, 0.6) is 0 Å². The predicted octanol–water partition coefficient (Wildman–Crippen LogP) is 9.23. The van der Waals surface area contributed by atoms with Gasteiger partial charge in [0.1, 0.15) is 43.2 Å². The maximum Gasteiger partial charge on any atom is 0.472 e. The summed E-state index contributed by atoms with van der Waals surface area (Å²) in [6.45, 7) is 3.27. The van der Waals surface area contributed by atoms with E-state index >= 15 is 0 Å². The zero-order valence-corrected chi connectivity index (χ0v) is 38.2. The molecule has 0 aromatic heterocycles. The van der Waals surface area contributed by atoms with Gasteiger partial charge in [0.25, 0.3) is 0 Å². The van der Waals surface area contributed by atoms with Crippen molar-refractivity contribution in [3.8, 4) is 0 Å². The molecule has 60 heavy (non-hydrogen) atoms. The Morgan fingerprint density at radius 2 is 0.900 bits per heavy atom. The van der Waals surface area contributed by atoms with Gasteiger partial charge in [-0.05, 0) is 44.9 Å². The molecule has 1 aliphatic rings. The van der Waals surface area contributed by atoms with Crippen LogP contribution in [0.3, 0.4) is 0 Å². The molecule has 1 rings (SSSR count). The molecule has 1 fully saturated rings. The topological polar surface area (TPSA) is 210 Å². The van der Waals surface area contributed by atoms with E-state index < -0.39 is 75.7 Å². The largest absolute Gasteiger partial charge is 0.472 e. The third kappa shape index (κ3) is 28.8. The Morgan fingerprint density at radius 3 is 1.38 bits per heavy atom. The van der Waals surface area contributed by atoms with Crippen molar-refractivity contribution in [1.29, 1.82) is 0 Å². The Balaban J connectivity index is 2.43. The molecule has 8 atom stereocenters. The van der Waals surface area contributed by atoms with Gasteiger partial charge in [0.05, 0.1) is 6.61 Å². The molecule has 13 nitrogen and oxygen atoms in total. The summed E-state index contributed by atoms with van der Waals surface area (Å²) in [5, 5.41) is 50.1. The average molecular weight is 877 g/mol. The lowest BCUT2D eigenvalue weighted by Crippen LogP contribution is -2.64. The minimum absolute atomic E-state index is 0.0946. The summed E-state index contributed by atoms with van der Waals surface area (Å²) in [6.07, 6.45) is 26.6. The van der Waals surface area contributed by atoms with Crippen molar-refractivity contribution in [2.24, 2.45) is 0 Å². The number of rotatable bonds is 39. The molecule has 14 heteroatoms. The number of aliphatic hydroxyl groups excluding tert-OH is 5. The van der Waals surface area contributed by atoms with E-state index in [0.29, 0.717) is 12.8 Å². The molecule has 0 aromatic rings. The molecular weight excluding hydrogens is 791 g/mol. The van der Waals surface area contributed by atoms with Crippen molar-refractivity contribution in [2.75, 3.05) is 13.2 Å². The van der Waals surface area contributed by atoms with E-state index in [1.54, 1.807) is 0 Å². The molecule has 0 radical (unpaired) electrons. The second-order valence-electron chi connectivity index (χ2n) is 16.6. The van der Waals surface area contributed by atoms with Gasteiger partial charge in [0, 0.05) is 12.8 Å². The fraction of sp³-hybridized carbons (Fsp3) is 0.870. The number of carbonyl (C=O) groups excluding carboxylic acids is 2. The summed E-state index contributed by atoms with van der Waals surface area (Å²) in [7, 11) is -5.11. The summed E-state index contributed by atoms with van der Waals surface area (Å²) in [5.41, 5.74) is 0. The molecule has 0 spiro atoms. The third-order valence-corrected chi connectivity index (χ3v) is 12.0. The van der Waals surface area contributed by atoms with Gasteiger partial charge in [0.15, 0.2) is 6.10 Å². The van der Waals surface area contributed by atoms with Gasteiger partial charge in [-0.15, -0.1) is 0 Å². The average Bonchev–Trinajstić information content (AvgIpc) is 3.23. The van der Waals surface area contributed by atoms with Gasteiger partial charge in [-0.1, -0.05) is 167 Å². The highest BCUT2D eigenvalue weighted by Gasteiger charge is 2.51. The van der Waals surface area contributed by atoms with E-state index in [0.717, 1.165) is 57.8 Å². The van der Waals surface area contributed by atoms with Gasteiger partial charge in [0.2, 0.25) is 0 Å². The Morgan fingerprint density at radius 1 is 0.517 bits per heavy atom. The van der Waals surface area contributed by atoms with Crippen molar-refractivity contribution >= 4 is 19.8 Å². The van der Waals surface area contributed by atoms with Gasteiger partial charge >= 0.3 is 19.8 Å². The van der Waals surface area contributed by atoms with Crippen molar-refractivity contribution in [3.05, 3.63) is 24.3 Å². The molecule has 0 saturated heterocycles. The smallest absolute Gasteiger partial charge is 0.462 e. The molecule has 0 amide bonds. The number of esters is 2. The summed E-state index contributed by atoms with van der Waals surface area (Å²) in [5.74, 6) is -1.10. The van der Waals surface area contributed by atoms with Crippen molar-refractivity contribution in [1.82, 2.24) is 0 Å². The molecule has 0 heterocycles. The van der Waals surface area contributed by atoms with Crippen LogP contribution < -0.4 is 0 Å². The van der Waals surface area contributed by atoms with Crippen LogP contribution in [-0.2, 0) is 32.7 Å². The lowest BCUT2D eigenvalue weighted by molar-refractivity contribution is -0.220. The molecule has 1 saturated carbocycles. The normalized spacial score (nSPS) is 22.3. The van der Waals surface area contributed by atoms with Crippen LogP contribution >= 0.6 is 7.82 Å². The summed E-state index contributed by atoms with van der Waals surface area (Å²) < 4.78 is 33.5. The number of allylic oxidation sites excluding steroid dienone is 4. The SMILES string of the molecule is CCCCC/C=C\C/C=C\CCCCCCCCCCCC(=O)O[C@H](COC(=O)CCCCCCCCCCCCCC)COP(=O)(O)OC1C(O)C(O)C(O)[C@@H](O)C1O. The monoisotopic (exact) mass is 877 g/mol. The Labute approximate surface area is 362 Å². The fourth-order valence-corrected chi connectivity index (χ4v) is 8.17. The number of carbonyl (C=O) groups is 2. The number of hydrogen-bond donors (Lipinski definition) is 6. The number of ether oxygens (including phenoxy) is 2. The zero-order valence-electron chi connectivity index (χ0n) is 37.3. The molecule has 0 aromatic carbocycles. The van der Waals surface area contributed by atoms with Gasteiger partial charge < -0.3 is 39.9 Å². The first kappa shape index (κ1) is 56.3. The second kappa shape index (κ2) is 36.8. The first-order chi connectivity index (χ1) is 28.9. The highest BCUT2D eigenvalue weighted by molar-refractivity contribution is 7.47. The first-order valence-electron chi connectivity index (χ1n) is 23.6. The fourth-order valence-electron chi connectivity index (χ4n) is 7.20. The Bertz CT molecular complexity index is 1150. The molecule has 1 aliphatic carbocycles. The van der Waals surface area contributed by atoms with Crippen molar-refractivity contribution in [2.45, 2.75) is 243 Å². The highest BCUT2D eigenvalue weighted by atomic mass is 31.2. The summed E-state index contributed by atoms with van der Waals surface area (Å²) in [6, 6.07) is 0. The van der Waals surface area contributed by atoms with Crippen molar-refractivity contribution in [3.63, 3.8) is 0 Å². The lowest BCUT2D eigenvalue weighted by atomic mass is 9.85. The van der Waals surface area contributed by atoms with E-state index in [2.05, 4.69) is 38.2 Å². The number of aliphatic hydroxyl groups is 5. The molecule has 0 bridgehead atoms. The molecule has 0 aliphatic heterocycles. The van der Waals surface area contributed by atoms with Crippen LogP contribution in [0.2, 0.25) is 0 Å². The lowest BCUT2D eigenvalue weighted by Gasteiger charge is -2.41. The summed E-state index contributed by atoms with van der Waals surface area (Å²) >= 11 is 0. The maximum atomic E-state index is 12.8. The molecule has 6 N–H and O–H groups in total. The van der Waals surface area contributed by atoms with Crippen LogP contribution in [0.25, 0.3) is 0 Å². The first-order valence-corrected chi connectivity index (χ1v) is 25.1. The van der Waals surface area contributed by atoms with Crippen molar-refractivity contribution < 1.29 is 63.1 Å². The van der Waals surface area contributed by atoms with Gasteiger partial charge in [-0.3, -0.25) is 18.6 Å². The molecule has 6 unspecified atom stereocenters. The second-order valence-corrected chi connectivity index (χ2v) is 18.0. The van der Waals surface area contributed by atoms with Crippen LogP contribution in [0.1, 0.15) is 200 Å². The number of phosphoric ester groups is 1. The number of phosphoric acid groups is 1. The third-order valence-electron chi connectivity index (χ3n) is 11.0. The van der Waals surface area contributed by atoms with Gasteiger partial charge in [-0.2, -0.15) is 0 Å². The highest BCUT2D eigenvalue weighted by Crippen LogP contribution is 2.47. The minimum atomic E-state index is -5.11. The predicted molar refractivity (Wildman–Crippen MR) is 235 cm³/mol. The van der Waals surface area contributed by atoms with Crippen LogP contribution in [0.15, 0.2) is 24.3 Å². The maximum absolute atomic E-state index is 12.8. The minimum Gasteiger partial charge on any atom is -0.462 e. The van der Waals surface area contributed by atoms with Crippen LogP contribution in [0.4, 0.5) is 0 Å². The van der Waals surface area contributed by atoms with Crippen LogP contribution in [0, 0.1) is 0 Å². The van der Waals surface area contributed by atoms with E-state index in [1.807, 2.05) is 0 Å². The number of hydrogen-bond acceptors (Lipinski definition) is 12. The van der Waals surface area contributed by atoms with E-state index in [1.165, 1.54) is 103 Å². The molecular formula is C46H85O13P. The molecule has 352 valence electrons. The summed E-state index contributed by atoms with van der Waals surface area (Å²) in [4.78, 5) is 35.7. The Hall–Kier alpha value is -1.67. The number of unbranched alkanes of at least 4 members (excludes halogenated alkanes) is 23. The van der Waals surface area contributed by atoms with Gasteiger partial charge in [-0.25, -0.2) is 4.57 Å². The van der Waals surface area contributed by atoms with E-state index in [4.69, 9.17) is 18.5 Å². The van der Waals surface area contributed by atoms with Crippen LogP contribution in [-0.4, -0.2) is 98.3 Å². The Kier molecular flexibility index (Phi) is 34.5. The standard InChI is InChI=1S/C46H85O13P/c1-3-5-7-9-11-13-15-17-18-19-20-21-22-23-25-27-29-31-33-35-40(48)58-38(36-56-39(47)34-32-30-28-26-24-16-14-12-10-8-6-4-2)37-57-60(54,55)59-46-44(52)42(50)41(49)43(51)45(46)53/h11,13,17-18,38,41-46,49-53H,3-10,12,14-16,19-37H2,1-2H3,(H,54,55)/b13-11-,18-17-/t38-,41?,42-,43?,44?,45?,46?/m1/s1. The van der Waals surface area contributed by atoms with E-state index in [-0.39, 0.29) is 12.8 Å². The quantitative estimate of drug-likeness (QED) is 0.0147.